The van der Waals surface area contributed by atoms with E-state index in [0.717, 1.165) is 29.4 Å². The van der Waals surface area contributed by atoms with Gasteiger partial charge in [0.15, 0.2) is 0 Å². The molecule has 1 heterocycles. The number of benzene rings is 3. The SMILES string of the molecule is COc1cccc(Cn2c(C(=O)O)c(-c3ccc(C(C)(C)C)cc3)c3cccc(NC(=O)C4CC4)c32)c1. The van der Waals surface area contributed by atoms with E-state index in [-0.39, 0.29) is 22.9 Å². The number of aromatic nitrogens is 1. The third kappa shape index (κ3) is 4.84. The summed E-state index contributed by atoms with van der Waals surface area (Å²) in [6.07, 6.45) is 1.77. The molecule has 6 heteroatoms. The molecule has 4 aromatic rings. The first-order valence-electron chi connectivity index (χ1n) is 12.6. The Balaban J connectivity index is 1.75. The number of carboxylic acid groups (broad SMARTS) is 1. The van der Waals surface area contributed by atoms with Gasteiger partial charge in [0, 0.05) is 23.4 Å². The van der Waals surface area contributed by atoms with Gasteiger partial charge in [0.25, 0.3) is 0 Å². The van der Waals surface area contributed by atoms with Crippen molar-refractivity contribution >= 4 is 28.5 Å². The first kappa shape index (κ1) is 24.6. The zero-order chi connectivity index (χ0) is 26.3. The Morgan fingerprint density at radius 1 is 1.03 bits per heavy atom. The summed E-state index contributed by atoms with van der Waals surface area (Å²) in [5.41, 5.74) is 5.04. The number of anilines is 1. The van der Waals surface area contributed by atoms with E-state index < -0.39 is 5.97 Å². The second-order valence-corrected chi connectivity index (χ2v) is 10.8. The molecular formula is C31H32N2O4. The Labute approximate surface area is 216 Å². The van der Waals surface area contributed by atoms with E-state index in [0.29, 0.717) is 29.1 Å². The van der Waals surface area contributed by atoms with E-state index in [9.17, 15) is 14.7 Å². The Morgan fingerprint density at radius 3 is 2.35 bits per heavy atom. The number of para-hydroxylation sites is 1. The minimum absolute atomic E-state index is 0.0189. The molecule has 190 valence electrons. The van der Waals surface area contributed by atoms with E-state index in [1.54, 1.807) is 7.11 Å². The Bertz CT molecular complexity index is 1490. The predicted molar refractivity (Wildman–Crippen MR) is 146 cm³/mol. The van der Waals surface area contributed by atoms with Gasteiger partial charge >= 0.3 is 5.97 Å². The summed E-state index contributed by atoms with van der Waals surface area (Å²) in [5, 5.41) is 14.4. The number of methoxy groups -OCH3 is 1. The number of hydrogen-bond donors (Lipinski definition) is 2. The second kappa shape index (κ2) is 9.43. The van der Waals surface area contributed by atoms with Gasteiger partial charge in [-0.05, 0) is 53.1 Å². The number of fused-ring (bicyclic) bond motifs is 1. The summed E-state index contributed by atoms with van der Waals surface area (Å²) in [6, 6.07) is 21.4. The van der Waals surface area contributed by atoms with Crippen LogP contribution in [0.2, 0.25) is 0 Å². The van der Waals surface area contributed by atoms with Gasteiger partial charge in [-0.25, -0.2) is 4.79 Å². The summed E-state index contributed by atoms with van der Waals surface area (Å²) in [5.74, 6) is -0.311. The van der Waals surface area contributed by atoms with Crippen molar-refractivity contribution in [3.63, 3.8) is 0 Å². The van der Waals surface area contributed by atoms with Crippen LogP contribution in [0.15, 0.2) is 66.7 Å². The van der Waals surface area contributed by atoms with Crippen molar-refractivity contribution < 1.29 is 19.4 Å². The fourth-order valence-corrected chi connectivity index (χ4v) is 4.85. The summed E-state index contributed by atoms with van der Waals surface area (Å²) >= 11 is 0. The minimum Gasteiger partial charge on any atom is -0.497 e. The van der Waals surface area contributed by atoms with Crippen LogP contribution in [0.1, 0.15) is 55.2 Å². The molecule has 1 aromatic heterocycles. The van der Waals surface area contributed by atoms with E-state index in [1.165, 1.54) is 5.56 Å². The van der Waals surface area contributed by atoms with Gasteiger partial charge in [-0.3, -0.25) is 4.79 Å². The van der Waals surface area contributed by atoms with E-state index in [1.807, 2.05) is 59.2 Å². The third-order valence-electron chi connectivity index (χ3n) is 7.01. The number of hydrogen-bond acceptors (Lipinski definition) is 3. The van der Waals surface area contributed by atoms with Crippen LogP contribution in [0.25, 0.3) is 22.0 Å². The van der Waals surface area contributed by atoms with Crippen LogP contribution in [-0.4, -0.2) is 28.7 Å². The van der Waals surface area contributed by atoms with Crippen molar-refractivity contribution in [2.45, 2.75) is 45.6 Å². The van der Waals surface area contributed by atoms with Gasteiger partial charge in [-0.2, -0.15) is 0 Å². The van der Waals surface area contributed by atoms with Gasteiger partial charge in [-0.1, -0.05) is 69.3 Å². The standard InChI is InChI=1S/C31H32N2O4/c1-31(2,3)22-15-13-20(14-16-22)26-24-9-6-10-25(32-29(34)21-11-12-21)27(24)33(28(26)30(35)36)18-19-7-5-8-23(17-19)37-4/h5-10,13-17,21H,11-12,18H2,1-4H3,(H,32,34)(H,35,36). The fourth-order valence-electron chi connectivity index (χ4n) is 4.85. The zero-order valence-corrected chi connectivity index (χ0v) is 21.7. The minimum atomic E-state index is -1.02. The molecule has 3 aromatic carbocycles. The molecule has 2 N–H and O–H groups in total. The van der Waals surface area contributed by atoms with Crippen molar-refractivity contribution in [2.75, 3.05) is 12.4 Å². The molecule has 0 bridgehead atoms. The van der Waals surface area contributed by atoms with Crippen molar-refractivity contribution in [1.29, 1.82) is 0 Å². The highest BCUT2D eigenvalue weighted by atomic mass is 16.5. The molecule has 1 saturated carbocycles. The lowest BCUT2D eigenvalue weighted by molar-refractivity contribution is -0.117. The highest BCUT2D eigenvalue weighted by Crippen LogP contribution is 2.40. The quantitative estimate of drug-likeness (QED) is 0.298. The second-order valence-electron chi connectivity index (χ2n) is 10.8. The molecule has 0 unspecified atom stereocenters. The monoisotopic (exact) mass is 496 g/mol. The number of nitrogens with zero attached hydrogens (tertiary/aromatic N) is 1. The highest BCUT2D eigenvalue weighted by molar-refractivity contribution is 6.13. The molecule has 6 nitrogen and oxygen atoms in total. The van der Waals surface area contributed by atoms with Crippen LogP contribution in [0.4, 0.5) is 5.69 Å². The molecule has 0 spiro atoms. The van der Waals surface area contributed by atoms with Gasteiger partial charge in [0.1, 0.15) is 11.4 Å². The van der Waals surface area contributed by atoms with Gasteiger partial charge < -0.3 is 19.7 Å². The lowest BCUT2D eigenvalue weighted by Gasteiger charge is -2.19. The average molecular weight is 497 g/mol. The number of aromatic carboxylic acids is 1. The number of carbonyl (C=O) groups excluding carboxylic acids is 1. The van der Waals surface area contributed by atoms with Crippen LogP contribution in [0, 0.1) is 5.92 Å². The molecular weight excluding hydrogens is 464 g/mol. The molecule has 0 radical (unpaired) electrons. The number of carboxylic acids is 1. The molecule has 0 atom stereocenters. The summed E-state index contributed by atoms with van der Waals surface area (Å²) < 4.78 is 7.21. The highest BCUT2D eigenvalue weighted by Gasteiger charge is 2.31. The van der Waals surface area contributed by atoms with Crippen LogP contribution in [-0.2, 0) is 16.8 Å². The lowest BCUT2D eigenvalue weighted by Crippen LogP contribution is -2.15. The number of ether oxygens (including phenoxy) is 1. The van der Waals surface area contributed by atoms with Gasteiger partial charge in [-0.15, -0.1) is 0 Å². The zero-order valence-electron chi connectivity index (χ0n) is 21.7. The smallest absolute Gasteiger partial charge is 0.353 e. The van der Waals surface area contributed by atoms with Gasteiger partial charge in [0.05, 0.1) is 18.3 Å². The molecule has 0 aliphatic heterocycles. The molecule has 37 heavy (non-hydrogen) atoms. The Hall–Kier alpha value is -4.06. The van der Waals surface area contributed by atoms with E-state index >= 15 is 0 Å². The van der Waals surface area contributed by atoms with E-state index in [2.05, 4.69) is 38.2 Å². The molecule has 1 fully saturated rings. The van der Waals surface area contributed by atoms with Crippen molar-refractivity contribution in [2.24, 2.45) is 5.92 Å². The van der Waals surface area contributed by atoms with Crippen LogP contribution in [0.3, 0.4) is 0 Å². The van der Waals surface area contributed by atoms with Crippen LogP contribution in [0.5, 0.6) is 5.75 Å². The maximum atomic E-state index is 12.8. The maximum absolute atomic E-state index is 12.8. The lowest BCUT2D eigenvalue weighted by atomic mass is 9.86. The molecule has 0 saturated heterocycles. The van der Waals surface area contributed by atoms with Crippen molar-refractivity contribution in [1.82, 2.24) is 4.57 Å². The Kier molecular flexibility index (Phi) is 6.28. The number of carbonyl (C=O) groups is 2. The van der Waals surface area contributed by atoms with Crippen LogP contribution < -0.4 is 10.1 Å². The predicted octanol–water partition coefficient (Wildman–Crippen LogP) is 6.71. The Morgan fingerprint density at radius 2 is 1.73 bits per heavy atom. The fraction of sp³-hybridized carbons (Fsp3) is 0.290. The summed E-state index contributed by atoms with van der Waals surface area (Å²) in [6.45, 7) is 6.77. The summed E-state index contributed by atoms with van der Waals surface area (Å²) in [4.78, 5) is 25.6. The third-order valence-corrected chi connectivity index (χ3v) is 7.01. The number of amides is 1. The van der Waals surface area contributed by atoms with Crippen molar-refractivity contribution in [3.8, 4) is 16.9 Å². The van der Waals surface area contributed by atoms with Crippen LogP contribution >= 0.6 is 0 Å². The normalized spacial score (nSPS) is 13.5. The largest absolute Gasteiger partial charge is 0.497 e. The summed E-state index contributed by atoms with van der Waals surface area (Å²) in [7, 11) is 1.61. The number of rotatable bonds is 7. The average Bonchev–Trinajstić information content (AvgIpc) is 3.67. The van der Waals surface area contributed by atoms with Crippen molar-refractivity contribution in [3.05, 3.63) is 83.6 Å². The number of nitrogens with one attached hydrogen (secondary N) is 1. The molecule has 1 aliphatic rings. The molecule has 1 amide bonds. The van der Waals surface area contributed by atoms with Gasteiger partial charge in [0.2, 0.25) is 5.91 Å². The molecule has 5 rings (SSSR count). The molecule has 1 aliphatic carbocycles. The first-order chi connectivity index (χ1) is 17.7. The topological polar surface area (TPSA) is 80.6 Å². The first-order valence-corrected chi connectivity index (χ1v) is 12.6. The maximum Gasteiger partial charge on any atom is 0.353 e. The van der Waals surface area contributed by atoms with E-state index in [4.69, 9.17) is 4.74 Å².